The average Bonchev–Trinajstić information content (AvgIpc) is 3.14. The highest BCUT2D eigenvalue weighted by molar-refractivity contribution is 6.00. The van der Waals surface area contributed by atoms with Crippen molar-refractivity contribution in [3.05, 3.63) is 0 Å². The number of rotatable bonds is 18. The average molecular weight is 701 g/mol. The minimum atomic E-state index is -0.567. The number of nitrogens with zero attached hydrogens (tertiary/aromatic N) is 2. The molecule has 0 aromatic rings. The number of hydrogen-bond acceptors (Lipinski definition) is 8. The zero-order chi connectivity index (χ0) is 35.6. The molecule has 5 rings (SSSR count). The van der Waals surface area contributed by atoms with Crippen LogP contribution in [-0.4, -0.2) is 96.1 Å². The molecule has 8 unspecified atom stereocenters. The fourth-order valence-electron chi connectivity index (χ4n) is 10.6. The van der Waals surface area contributed by atoms with Crippen LogP contribution in [0.15, 0.2) is 0 Å². The summed E-state index contributed by atoms with van der Waals surface area (Å²) in [6.07, 6.45) is 21.2. The smallest absolute Gasteiger partial charge is 0.142 e. The van der Waals surface area contributed by atoms with Gasteiger partial charge in [0.2, 0.25) is 0 Å². The van der Waals surface area contributed by atoms with Crippen molar-refractivity contribution < 1.29 is 19.1 Å². The molecule has 0 heterocycles. The maximum atomic E-state index is 14.2. The quantitative estimate of drug-likeness (QED) is 0.157. The number of nitrogens with two attached hydrogens (primary N) is 2. The van der Waals surface area contributed by atoms with Gasteiger partial charge in [0.15, 0.2) is 0 Å². The van der Waals surface area contributed by atoms with Crippen LogP contribution in [0.3, 0.4) is 0 Å². The van der Waals surface area contributed by atoms with Gasteiger partial charge >= 0.3 is 0 Å². The van der Waals surface area contributed by atoms with Crippen LogP contribution in [-0.2, 0) is 19.1 Å². The molecule has 8 atom stereocenters. The lowest BCUT2D eigenvalue weighted by Crippen LogP contribution is -2.72. The highest BCUT2D eigenvalue weighted by Crippen LogP contribution is 2.47. The monoisotopic (exact) mass is 701 g/mol. The normalized spacial score (nSPS) is 38.0. The summed E-state index contributed by atoms with van der Waals surface area (Å²) in [6.45, 7) is 13.9. The molecule has 0 saturated heterocycles. The summed E-state index contributed by atoms with van der Waals surface area (Å²) in [4.78, 5) is 33.8. The van der Waals surface area contributed by atoms with Crippen LogP contribution in [0.4, 0.5) is 0 Å². The van der Waals surface area contributed by atoms with Crippen molar-refractivity contribution in [3.63, 3.8) is 0 Å². The molecule has 5 aliphatic rings. The van der Waals surface area contributed by atoms with Gasteiger partial charge in [-0.1, -0.05) is 66.2 Å². The van der Waals surface area contributed by atoms with Crippen LogP contribution in [0.2, 0.25) is 0 Å². The highest BCUT2D eigenvalue weighted by atomic mass is 16.6. The molecule has 5 aliphatic carbocycles. The predicted octanol–water partition coefficient (Wildman–Crippen LogP) is 7.04. The van der Waals surface area contributed by atoms with Crippen LogP contribution in [0, 0.1) is 23.7 Å². The minimum Gasteiger partial charge on any atom is -0.371 e. The summed E-state index contributed by atoms with van der Waals surface area (Å²) < 4.78 is 14.1. The number of ketones is 2. The van der Waals surface area contributed by atoms with Crippen molar-refractivity contribution >= 4 is 11.6 Å². The summed E-state index contributed by atoms with van der Waals surface area (Å²) >= 11 is 0. The number of carbonyl (C=O) groups is 2. The van der Waals surface area contributed by atoms with E-state index in [1.807, 2.05) is 0 Å². The number of unbranched alkanes of at least 4 members (excludes halogenated alkanes) is 4. The maximum absolute atomic E-state index is 14.2. The fourth-order valence-corrected chi connectivity index (χ4v) is 10.6. The van der Waals surface area contributed by atoms with E-state index in [1.165, 1.54) is 77.5 Å². The van der Waals surface area contributed by atoms with E-state index in [9.17, 15) is 9.59 Å². The Morgan fingerprint density at radius 3 is 1.14 bits per heavy atom. The Hall–Kier alpha value is -0.900. The molecule has 0 bridgehead atoms. The van der Waals surface area contributed by atoms with E-state index in [2.05, 4.69) is 37.5 Å². The van der Waals surface area contributed by atoms with Gasteiger partial charge in [-0.05, 0) is 116 Å². The summed E-state index contributed by atoms with van der Waals surface area (Å²) in [6, 6.07) is 0.0819. The van der Waals surface area contributed by atoms with Gasteiger partial charge in [-0.15, -0.1) is 0 Å². The van der Waals surface area contributed by atoms with E-state index < -0.39 is 36.1 Å². The van der Waals surface area contributed by atoms with Gasteiger partial charge in [0.1, 0.15) is 23.8 Å². The minimum absolute atomic E-state index is 0.0783. The molecular formula is C42H76N4O4. The SMILES string of the molecule is CCCCN(CCCC)C1CCC(OC2C(N)C3C(=O)C4CCCCC4C(=O)C3C(N)C2OC2CCC(N(CCCC)CCCC)CC2)CC1. The van der Waals surface area contributed by atoms with Crippen molar-refractivity contribution in [2.24, 2.45) is 35.1 Å². The topological polar surface area (TPSA) is 111 Å². The lowest BCUT2D eigenvalue weighted by Gasteiger charge is -2.54. The molecule has 0 radical (unpaired) electrons. The lowest BCUT2D eigenvalue weighted by molar-refractivity contribution is -0.193. The Bertz CT molecular complexity index is 931. The van der Waals surface area contributed by atoms with Crippen LogP contribution in [0.1, 0.15) is 156 Å². The fraction of sp³-hybridized carbons (Fsp3) is 0.952. The first kappa shape index (κ1) is 40.3. The molecule has 0 aliphatic heterocycles. The van der Waals surface area contributed by atoms with Crippen molar-refractivity contribution in [3.8, 4) is 0 Å². The zero-order valence-corrected chi connectivity index (χ0v) is 32.6. The number of hydrogen-bond donors (Lipinski definition) is 2. The first-order chi connectivity index (χ1) is 24.3. The van der Waals surface area contributed by atoms with Gasteiger partial charge in [0, 0.05) is 47.8 Å². The van der Waals surface area contributed by atoms with Crippen molar-refractivity contribution in [1.82, 2.24) is 9.80 Å². The largest absolute Gasteiger partial charge is 0.371 e. The molecule has 5 saturated carbocycles. The second kappa shape index (κ2) is 20.0. The van der Waals surface area contributed by atoms with Gasteiger partial charge in [-0.25, -0.2) is 0 Å². The van der Waals surface area contributed by atoms with Crippen molar-refractivity contribution in [2.45, 2.75) is 205 Å². The molecule has 0 aromatic heterocycles. The third kappa shape index (κ3) is 9.60. The second-order valence-electron chi connectivity index (χ2n) is 17.1. The molecule has 50 heavy (non-hydrogen) atoms. The Balaban J connectivity index is 1.29. The van der Waals surface area contributed by atoms with E-state index in [0.29, 0.717) is 12.1 Å². The number of fused-ring (bicyclic) bond motifs is 2. The van der Waals surface area contributed by atoms with E-state index in [0.717, 1.165) is 77.0 Å². The third-order valence-electron chi connectivity index (χ3n) is 13.7. The molecule has 8 heteroatoms. The van der Waals surface area contributed by atoms with Crippen molar-refractivity contribution in [2.75, 3.05) is 26.2 Å². The molecular weight excluding hydrogens is 624 g/mol. The van der Waals surface area contributed by atoms with Gasteiger partial charge in [-0.2, -0.15) is 0 Å². The number of ether oxygens (including phenoxy) is 2. The Kier molecular flexibility index (Phi) is 16.1. The van der Waals surface area contributed by atoms with E-state index in [1.54, 1.807) is 0 Å². The van der Waals surface area contributed by atoms with E-state index >= 15 is 0 Å². The Morgan fingerprint density at radius 1 is 0.520 bits per heavy atom. The molecule has 0 spiro atoms. The van der Waals surface area contributed by atoms with E-state index in [4.69, 9.17) is 20.9 Å². The molecule has 0 amide bonds. The summed E-state index contributed by atoms with van der Waals surface area (Å²) in [5.41, 5.74) is 14.3. The molecule has 288 valence electrons. The number of Topliss-reactive ketones (excluding diaryl/α,β-unsaturated/α-hetero) is 2. The molecule has 0 aromatic carbocycles. The van der Waals surface area contributed by atoms with E-state index in [-0.39, 0.29) is 35.6 Å². The number of carbonyl (C=O) groups excluding carboxylic acids is 2. The van der Waals surface area contributed by atoms with Gasteiger partial charge < -0.3 is 30.7 Å². The summed E-state index contributed by atoms with van der Waals surface area (Å²) in [7, 11) is 0. The van der Waals surface area contributed by atoms with Gasteiger partial charge in [0.25, 0.3) is 0 Å². The van der Waals surface area contributed by atoms with Crippen LogP contribution in [0.5, 0.6) is 0 Å². The standard InChI is InChI=1S/C42H76N4O4/c1-5-9-25-45(26-10-6-2)29-17-21-31(22-18-29)49-41-37(43)35-36(40(48)34-16-14-13-15-33(34)39(35)47)38(44)42(41)50-32-23-19-30(20-24-32)46(27-11-7-3)28-12-8-4/h29-38,41-42H,5-28,43-44H2,1-4H3. The third-order valence-corrected chi connectivity index (χ3v) is 13.7. The molecule has 4 N–H and O–H groups in total. The van der Waals surface area contributed by atoms with Crippen LogP contribution in [0.25, 0.3) is 0 Å². The Labute approximate surface area is 305 Å². The summed E-state index contributed by atoms with van der Waals surface area (Å²) in [5.74, 6) is -1.14. The van der Waals surface area contributed by atoms with Crippen LogP contribution >= 0.6 is 0 Å². The Morgan fingerprint density at radius 2 is 0.840 bits per heavy atom. The zero-order valence-electron chi connectivity index (χ0n) is 32.6. The highest BCUT2D eigenvalue weighted by Gasteiger charge is 2.61. The first-order valence-corrected chi connectivity index (χ1v) is 21.7. The first-order valence-electron chi connectivity index (χ1n) is 21.7. The lowest BCUT2D eigenvalue weighted by atomic mass is 9.55. The van der Waals surface area contributed by atoms with Crippen LogP contribution < -0.4 is 11.5 Å². The van der Waals surface area contributed by atoms with Gasteiger partial charge in [-0.3, -0.25) is 9.59 Å². The van der Waals surface area contributed by atoms with Gasteiger partial charge in [0.05, 0.1) is 12.2 Å². The maximum Gasteiger partial charge on any atom is 0.142 e. The summed E-state index contributed by atoms with van der Waals surface area (Å²) in [5, 5.41) is 0. The molecule has 8 nitrogen and oxygen atoms in total. The molecule has 5 fully saturated rings. The van der Waals surface area contributed by atoms with Crippen molar-refractivity contribution in [1.29, 1.82) is 0 Å². The second-order valence-corrected chi connectivity index (χ2v) is 17.1. The predicted molar refractivity (Wildman–Crippen MR) is 203 cm³/mol.